The van der Waals surface area contributed by atoms with Gasteiger partial charge in [-0.2, -0.15) is 38.3 Å². The number of anilines is 12. The van der Waals surface area contributed by atoms with Crippen LogP contribution < -0.4 is 31.9 Å². The molecule has 7 N–H and O–H groups in total. The van der Waals surface area contributed by atoms with E-state index in [0.29, 0.717) is 29.2 Å². The maximum atomic E-state index is 12.7. The first-order chi connectivity index (χ1) is 29.3. The van der Waals surface area contributed by atoms with Crippen LogP contribution in [0.2, 0.25) is 0 Å². The third-order valence-corrected chi connectivity index (χ3v) is 9.47. The summed E-state index contributed by atoms with van der Waals surface area (Å²) in [6.07, 6.45) is 3.35. The van der Waals surface area contributed by atoms with E-state index in [9.17, 15) is 13.0 Å². The topological polar surface area (TPSA) is 204 Å². The summed E-state index contributed by atoms with van der Waals surface area (Å²) < 4.78 is 35.6. The average Bonchev–Trinajstić information content (AvgIpc) is 3.25. The van der Waals surface area contributed by atoms with Crippen LogP contribution in [0.3, 0.4) is 0 Å². The van der Waals surface area contributed by atoms with Crippen molar-refractivity contribution in [1.29, 1.82) is 0 Å². The molecule has 0 unspecified atom stereocenters. The molecule has 2 heterocycles. The molecule has 2 aromatic heterocycles. The molecule has 8 aromatic rings. The van der Waals surface area contributed by atoms with Crippen LogP contribution in [0, 0.1) is 0 Å². The van der Waals surface area contributed by atoms with Crippen LogP contribution >= 0.6 is 0 Å². The molecule has 0 aliphatic heterocycles. The fraction of sp³-hybridized carbons (Fsp3) is 0. The summed E-state index contributed by atoms with van der Waals surface area (Å²) in [5.74, 6) is 1.61. The maximum absolute atomic E-state index is 12.7. The molecule has 17 heteroatoms. The van der Waals surface area contributed by atoms with Crippen molar-refractivity contribution < 1.29 is 13.0 Å². The molecule has 0 atom stereocenters. The zero-order chi connectivity index (χ0) is 41.2. The Morgan fingerprint density at radius 2 is 0.672 bits per heavy atom. The SMILES string of the molecule is O=S(=O)(O)c1cc(Nc2nc(Nc3ccccc3)nc(Nc3ccccc3)n2)ccc1C=Cc1ccc(Nc2nc(Nc3ccccc3)nc(Nc3ccccc3)n2)cc1.[NaH]. The summed E-state index contributed by atoms with van der Waals surface area (Å²) >= 11 is 0. The molecule has 0 aliphatic rings. The quantitative estimate of drug-likeness (QED) is 0.0292. The molecule has 0 bridgehead atoms. The zero-order valence-electron chi connectivity index (χ0n) is 31.6. The third-order valence-electron chi connectivity index (χ3n) is 8.56. The van der Waals surface area contributed by atoms with Crippen molar-refractivity contribution in [3.63, 3.8) is 0 Å². The fourth-order valence-corrected chi connectivity index (χ4v) is 6.49. The number of hydrogen-bond acceptors (Lipinski definition) is 14. The van der Waals surface area contributed by atoms with E-state index in [1.165, 1.54) is 6.07 Å². The Kier molecular flexibility index (Phi) is 13.5. The molecule has 6 aromatic carbocycles. The van der Waals surface area contributed by atoms with Crippen molar-refractivity contribution in [3.05, 3.63) is 175 Å². The minimum atomic E-state index is -4.65. The van der Waals surface area contributed by atoms with E-state index in [4.69, 9.17) is 0 Å². The number of hydrogen-bond donors (Lipinski definition) is 7. The zero-order valence-corrected chi connectivity index (χ0v) is 32.4. The van der Waals surface area contributed by atoms with Crippen molar-refractivity contribution in [2.45, 2.75) is 4.90 Å². The van der Waals surface area contributed by atoms with Crippen molar-refractivity contribution in [2.24, 2.45) is 0 Å². The monoisotopic (exact) mass is 836 g/mol. The van der Waals surface area contributed by atoms with Gasteiger partial charge in [0.25, 0.3) is 10.1 Å². The predicted molar refractivity (Wildman–Crippen MR) is 244 cm³/mol. The molecule has 298 valence electrons. The first kappa shape index (κ1) is 41.9. The van der Waals surface area contributed by atoms with Crippen LogP contribution in [0.1, 0.15) is 11.1 Å². The first-order valence-corrected chi connectivity index (χ1v) is 20.0. The van der Waals surface area contributed by atoms with Gasteiger partial charge in [0.2, 0.25) is 35.7 Å². The van der Waals surface area contributed by atoms with Gasteiger partial charge in [0.15, 0.2) is 0 Å². The summed E-state index contributed by atoms with van der Waals surface area (Å²) in [5, 5.41) is 19.1. The van der Waals surface area contributed by atoms with Gasteiger partial charge in [-0.1, -0.05) is 103 Å². The van der Waals surface area contributed by atoms with Crippen LogP contribution in [0.15, 0.2) is 169 Å². The minimum absolute atomic E-state index is 0. The van der Waals surface area contributed by atoms with Crippen molar-refractivity contribution in [1.82, 2.24) is 29.9 Å². The normalized spacial score (nSPS) is 11.0. The molecule has 0 amide bonds. The number of para-hydroxylation sites is 4. The molecule has 8 rings (SSSR count). The summed E-state index contributed by atoms with van der Waals surface area (Å²) in [4.78, 5) is 26.9. The van der Waals surface area contributed by atoms with Gasteiger partial charge in [-0.15, -0.1) is 0 Å². The molecule has 0 spiro atoms. The molecule has 0 radical (unpaired) electrons. The Bertz CT molecular complexity index is 2730. The summed E-state index contributed by atoms with van der Waals surface area (Å²) in [5.41, 5.74) is 5.20. The van der Waals surface area contributed by atoms with Crippen LogP contribution in [-0.2, 0) is 10.1 Å². The van der Waals surface area contributed by atoms with Crippen LogP contribution in [0.25, 0.3) is 12.2 Å². The standard InChI is InChI=1S/C44H36N12O3S.Na.H/c57-60(58,59)38-29-37(50-44-55-41(47-34-17-9-3-10-18-34)52-42(56-44)48-35-19-11-4-12-20-35)28-25-31(38)24-21-30-22-26-36(27-23-30)49-43-53-39(45-32-13-5-1-6-14-32)51-40(54-43)46-33-15-7-2-8-16-33;;/h1-29H,(H,57,58,59)(H3,45,46,49,51,53,54)(H3,47,48,50,52,55,56);;. The van der Waals surface area contributed by atoms with E-state index in [1.54, 1.807) is 24.3 Å². The number of nitrogens with zero attached hydrogens (tertiary/aromatic N) is 6. The second-order valence-electron chi connectivity index (χ2n) is 13.0. The number of rotatable bonds is 15. The summed E-state index contributed by atoms with van der Waals surface area (Å²) in [7, 11) is -4.65. The van der Waals surface area contributed by atoms with E-state index in [-0.39, 0.29) is 57.9 Å². The third kappa shape index (κ3) is 11.9. The molecular formula is C44H37N12NaO3S. The van der Waals surface area contributed by atoms with Gasteiger partial charge in [-0.05, 0) is 83.9 Å². The van der Waals surface area contributed by atoms with Crippen LogP contribution in [0.4, 0.5) is 69.8 Å². The summed E-state index contributed by atoms with van der Waals surface area (Å²) in [6.45, 7) is 0. The van der Waals surface area contributed by atoms with E-state index >= 15 is 0 Å². The van der Waals surface area contributed by atoms with Crippen molar-refractivity contribution in [3.8, 4) is 0 Å². The van der Waals surface area contributed by atoms with Crippen molar-refractivity contribution in [2.75, 3.05) is 31.9 Å². The van der Waals surface area contributed by atoms with Crippen LogP contribution in [-0.4, -0.2) is 72.4 Å². The van der Waals surface area contributed by atoms with Crippen LogP contribution in [0.5, 0.6) is 0 Å². The molecule has 0 aliphatic carbocycles. The number of benzene rings is 6. The average molecular weight is 837 g/mol. The Hall–Kier alpha value is -7.21. The fourth-order valence-electron chi connectivity index (χ4n) is 5.78. The predicted octanol–water partition coefficient (Wildman–Crippen LogP) is 9.29. The molecule has 0 fully saturated rings. The Morgan fingerprint density at radius 1 is 0.377 bits per heavy atom. The van der Waals surface area contributed by atoms with E-state index in [0.717, 1.165) is 28.3 Å². The molecule has 15 nitrogen and oxygen atoms in total. The Balaban J connectivity index is 0.00000561. The van der Waals surface area contributed by atoms with Gasteiger partial charge < -0.3 is 31.9 Å². The van der Waals surface area contributed by atoms with E-state index in [1.807, 2.05) is 146 Å². The van der Waals surface area contributed by atoms with Crippen molar-refractivity contribution >= 4 is 122 Å². The summed E-state index contributed by atoms with van der Waals surface area (Å²) in [6, 6.07) is 49.9. The number of aromatic nitrogens is 6. The second-order valence-corrected chi connectivity index (χ2v) is 14.4. The van der Waals surface area contributed by atoms with Gasteiger partial charge in [0.1, 0.15) is 4.90 Å². The Morgan fingerprint density at radius 3 is 1.00 bits per heavy atom. The molecule has 61 heavy (non-hydrogen) atoms. The Labute approximate surface area is 374 Å². The van der Waals surface area contributed by atoms with E-state index < -0.39 is 10.1 Å². The number of nitrogens with one attached hydrogen (secondary N) is 6. The second kappa shape index (κ2) is 19.7. The molecular weight excluding hydrogens is 800 g/mol. The first-order valence-electron chi connectivity index (χ1n) is 18.5. The van der Waals surface area contributed by atoms with E-state index in [2.05, 4.69) is 61.8 Å². The van der Waals surface area contributed by atoms with Gasteiger partial charge in [0.05, 0.1) is 0 Å². The van der Waals surface area contributed by atoms with Gasteiger partial charge in [-0.3, -0.25) is 4.55 Å². The van der Waals surface area contributed by atoms with Gasteiger partial charge in [-0.25, -0.2) is 0 Å². The molecule has 0 saturated heterocycles. The van der Waals surface area contributed by atoms with Gasteiger partial charge in [0, 0.05) is 34.1 Å². The molecule has 0 saturated carbocycles. The van der Waals surface area contributed by atoms with Gasteiger partial charge >= 0.3 is 29.6 Å².